The second kappa shape index (κ2) is 6.61. The third-order valence-electron chi connectivity index (χ3n) is 3.74. The second-order valence-corrected chi connectivity index (χ2v) is 4.96. The van der Waals surface area contributed by atoms with Crippen LogP contribution in [-0.4, -0.2) is 36.9 Å². The predicted molar refractivity (Wildman–Crippen MR) is 78.9 cm³/mol. The summed E-state index contributed by atoms with van der Waals surface area (Å²) in [6.45, 7) is 2.69. The molecule has 0 aromatic heterocycles. The van der Waals surface area contributed by atoms with Crippen molar-refractivity contribution in [1.82, 2.24) is 0 Å². The summed E-state index contributed by atoms with van der Waals surface area (Å²) in [4.78, 5) is 14.0. The maximum Gasteiger partial charge on any atom is 0.340 e. The molecule has 0 saturated heterocycles. The van der Waals surface area contributed by atoms with Gasteiger partial charge in [0.25, 0.3) is 0 Å². The lowest BCUT2D eigenvalue weighted by Gasteiger charge is -2.39. The van der Waals surface area contributed by atoms with Crippen LogP contribution in [0.1, 0.15) is 36.5 Å². The number of nitrogens with two attached hydrogens (primary N) is 1. The van der Waals surface area contributed by atoms with Crippen molar-refractivity contribution in [2.45, 2.75) is 32.2 Å². The number of rotatable bonds is 6. The number of carbonyl (C=O) groups is 1. The lowest BCUT2D eigenvalue weighted by molar-refractivity contribution is 0.0527. The van der Waals surface area contributed by atoms with Crippen LogP contribution in [0.3, 0.4) is 0 Å². The van der Waals surface area contributed by atoms with Crippen LogP contribution >= 0.6 is 0 Å². The molecular weight excluding hydrogens is 256 g/mol. The van der Waals surface area contributed by atoms with E-state index < -0.39 is 5.97 Å². The minimum Gasteiger partial charge on any atom is -0.462 e. The van der Waals surface area contributed by atoms with E-state index in [1.807, 2.05) is 6.07 Å². The van der Waals surface area contributed by atoms with Gasteiger partial charge in [-0.1, -0.05) is 6.07 Å². The Kier molecular flexibility index (Phi) is 4.84. The van der Waals surface area contributed by atoms with Gasteiger partial charge in [-0.2, -0.15) is 0 Å². The normalized spacial score (nSPS) is 14.7. The first-order valence-corrected chi connectivity index (χ1v) is 7.12. The number of anilines is 2. The van der Waals surface area contributed by atoms with Crippen molar-refractivity contribution in [3.63, 3.8) is 0 Å². The molecule has 20 heavy (non-hydrogen) atoms. The van der Waals surface area contributed by atoms with Crippen LogP contribution < -0.4 is 10.6 Å². The van der Waals surface area contributed by atoms with Crippen molar-refractivity contribution in [3.8, 4) is 0 Å². The van der Waals surface area contributed by atoms with E-state index in [4.69, 9.17) is 10.5 Å². The monoisotopic (exact) mass is 278 g/mol. The van der Waals surface area contributed by atoms with Crippen LogP contribution in [0.5, 0.6) is 0 Å². The molecule has 5 heteroatoms. The topological polar surface area (TPSA) is 75.8 Å². The predicted octanol–water partition coefficient (Wildman–Crippen LogP) is 1.80. The zero-order valence-corrected chi connectivity index (χ0v) is 11.8. The molecule has 1 aliphatic rings. The SMILES string of the molecule is CCOC(=O)c1cccc(N(CCO)C2CCC2)c1N. The Morgan fingerprint density at radius 3 is 2.80 bits per heavy atom. The Morgan fingerprint density at radius 2 is 2.25 bits per heavy atom. The van der Waals surface area contributed by atoms with Crippen molar-refractivity contribution >= 4 is 17.3 Å². The molecule has 0 atom stereocenters. The quantitative estimate of drug-likeness (QED) is 0.613. The molecule has 1 aliphatic carbocycles. The Bertz CT molecular complexity index is 472. The van der Waals surface area contributed by atoms with Crippen molar-refractivity contribution in [3.05, 3.63) is 23.8 Å². The van der Waals surface area contributed by atoms with Gasteiger partial charge in [-0.3, -0.25) is 0 Å². The number of aliphatic hydroxyl groups is 1. The molecule has 1 fully saturated rings. The average Bonchev–Trinajstić information content (AvgIpc) is 2.37. The largest absolute Gasteiger partial charge is 0.462 e. The van der Waals surface area contributed by atoms with E-state index in [0.717, 1.165) is 18.5 Å². The number of nitrogen functional groups attached to an aromatic ring is 1. The molecule has 1 aromatic carbocycles. The van der Waals surface area contributed by atoms with Crippen LogP contribution in [-0.2, 0) is 4.74 Å². The third kappa shape index (κ3) is 2.88. The molecule has 1 saturated carbocycles. The van der Waals surface area contributed by atoms with Crippen molar-refractivity contribution in [2.24, 2.45) is 0 Å². The fourth-order valence-corrected chi connectivity index (χ4v) is 2.50. The molecule has 1 aromatic rings. The molecule has 0 heterocycles. The van der Waals surface area contributed by atoms with E-state index in [-0.39, 0.29) is 6.61 Å². The van der Waals surface area contributed by atoms with Gasteiger partial charge in [0.2, 0.25) is 0 Å². The van der Waals surface area contributed by atoms with Crippen molar-refractivity contribution < 1.29 is 14.6 Å². The smallest absolute Gasteiger partial charge is 0.340 e. The molecule has 0 unspecified atom stereocenters. The number of ether oxygens (including phenoxy) is 1. The van der Waals surface area contributed by atoms with Gasteiger partial charge in [0, 0.05) is 12.6 Å². The third-order valence-corrected chi connectivity index (χ3v) is 3.74. The molecule has 110 valence electrons. The molecule has 0 radical (unpaired) electrons. The number of esters is 1. The van der Waals surface area contributed by atoms with E-state index in [9.17, 15) is 9.90 Å². The lowest BCUT2D eigenvalue weighted by Crippen LogP contribution is -2.42. The van der Waals surface area contributed by atoms with Gasteiger partial charge in [-0.25, -0.2) is 4.79 Å². The Balaban J connectivity index is 2.29. The second-order valence-electron chi connectivity index (χ2n) is 4.96. The first kappa shape index (κ1) is 14.7. The molecule has 2 rings (SSSR count). The highest BCUT2D eigenvalue weighted by Gasteiger charge is 2.27. The maximum atomic E-state index is 11.9. The Labute approximate surface area is 119 Å². The summed E-state index contributed by atoms with van der Waals surface area (Å²) < 4.78 is 5.02. The van der Waals surface area contributed by atoms with E-state index >= 15 is 0 Å². The standard InChI is InChI=1S/C15H22N2O3/c1-2-20-15(19)12-7-4-8-13(14(12)16)17(9-10-18)11-5-3-6-11/h4,7-8,11,18H,2-3,5-6,9-10,16H2,1H3. The number of benzene rings is 1. The average molecular weight is 278 g/mol. The van der Waals surface area contributed by atoms with E-state index in [2.05, 4.69) is 4.90 Å². The fraction of sp³-hybridized carbons (Fsp3) is 0.533. The van der Waals surface area contributed by atoms with Gasteiger partial charge in [0.05, 0.1) is 30.2 Å². The molecule has 0 spiro atoms. The van der Waals surface area contributed by atoms with Gasteiger partial charge in [-0.15, -0.1) is 0 Å². The van der Waals surface area contributed by atoms with Gasteiger partial charge in [-0.05, 0) is 38.3 Å². The number of hydrogen-bond acceptors (Lipinski definition) is 5. The summed E-state index contributed by atoms with van der Waals surface area (Å²) in [6.07, 6.45) is 3.40. The van der Waals surface area contributed by atoms with E-state index in [1.165, 1.54) is 6.42 Å². The van der Waals surface area contributed by atoms with Gasteiger partial charge >= 0.3 is 5.97 Å². The number of aliphatic hydroxyl groups excluding tert-OH is 1. The number of para-hydroxylation sites is 1. The van der Waals surface area contributed by atoms with Crippen LogP contribution in [0.4, 0.5) is 11.4 Å². The van der Waals surface area contributed by atoms with E-state index in [0.29, 0.717) is 30.4 Å². The summed E-state index contributed by atoms with van der Waals surface area (Å²) in [5, 5.41) is 9.25. The lowest BCUT2D eigenvalue weighted by atomic mass is 9.90. The van der Waals surface area contributed by atoms with Crippen LogP contribution in [0.15, 0.2) is 18.2 Å². The van der Waals surface area contributed by atoms with Gasteiger partial charge in [0.1, 0.15) is 0 Å². The van der Waals surface area contributed by atoms with Gasteiger partial charge < -0.3 is 20.5 Å². The maximum absolute atomic E-state index is 11.9. The minimum absolute atomic E-state index is 0.0690. The number of nitrogens with zero attached hydrogens (tertiary/aromatic N) is 1. The molecule has 3 N–H and O–H groups in total. The molecule has 0 bridgehead atoms. The molecule has 5 nitrogen and oxygen atoms in total. The summed E-state index contributed by atoms with van der Waals surface area (Å²) in [5.74, 6) is -0.399. The molecule has 0 amide bonds. The summed E-state index contributed by atoms with van der Waals surface area (Å²) >= 11 is 0. The molecule has 0 aliphatic heterocycles. The summed E-state index contributed by atoms with van der Waals surface area (Å²) in [7, 11) is 0. The summed E-state index contributed by atoms with van der Waals surface area (Å²) in [5.41, 5.74) is 7.78. The van der Waals surface area contributed by atoms with Crippen LogP contribution in [0.25, 0.3) is 0 Å². The minimum atomic E-state index is -0.399. The highest BCUT2D eigenvalue weighted by atomic mass is 16.5. The first-order chi connectivity index (χ1) is 9.69. The highest BCUT2D eigenvalue weighted by Crippen LogP contribution is 2.34. The van der Waals surface area contributed by atoms with Gasteiger partial charge in [0.15, 0.2) is 0 Å². The number of carbonyl (C=O) groups excluding carboxylic acids is 1. The zero-order valence-electron chi connectivity index (χ0n) is 11.8. The Hall–Kier alpha value is -1.75. The first-order valence-electron chi connectivity index (χ1n) is 7.12. The number of hydrogen-bond donors (Lipinski definition) is 2. The Morgan fingerprint density at radius 1 is 1.50 bits per heavy atom. The van der Waals surface area contributed by atoms with Crippen LogP contribution in [0, 0.1) is 0 Å². The molecular formula is C15H22N2O3. The fourth-order valence-electron chi connectivity index (χ4n) is 2.50. The highest BCUT2D eigenvalue weighted by molar-refractivity contribution is 5.98. The van der Waals surface area contributed by atoms with Crippen molar-refractivity contribution in [1.29, 1.82) is 0 Å². The summed E-state index contributed by atoms with van der Waals surface area (Å²) in [6, 6.07) is 5.78. The zero-order chi connectivity index (χ0) is 14.5. The van der Waals surface area contributed by atoms with Crippen molar-refractivity contribution in [2.75, 3.05) is 30.4 Å². The van der Waals surface area contributed by atoms with Crippen LogP contribution in [0.2, 0.25) is 0 Å². The van der Waals surface area contributed by atoms with E-state index in [1.54, 1.807) is 19.1 Å².